The maximum absolute atomic E-state index is 5.47. The molecule has 1 fully saturated rings. The zero-order chi connectivity index (χ0) is 15.2. The van der Waals surface area contributed by atoms with Crippen molar-refractivity contribution in [3.63, 3.8) is 0 Å². The van der Waals surface area contributed by atoms with Crippen molar-refractivity contribution in [1.29, 1.82) is 0 Å². The van der Waals surface area contributed by atoms with Crippen molar-refractivity contribution in [1.82, 2.24) is 0 Å². The Kier molecular flexibility index (Phi) is 5.12. The molecule has 1 aliphatic rings. The van der Waals surface area contributed by atoms with Crippen LogP contribution in [0.4, 0.5) is 0 Å². The summed E-state index contributed by atoms with van der Waals surface area (Å²) >= 11 is 0. The predicted molar refractivity (Wildman–Crippen MR) is 90.3 cm³/mol. The lowest BCUT2D eigenvalue weighted by Crippen LogP contribution is -3.11. The van der Waals surface area contributed by atoms with Gasteiger partial charge in [-0.1, -0.05) is 42.5 Å². The van der Waals surface area contributed by atoms with Crippen LogP contribution in [0.2, 0.25) is 0 Å². The number of benzene rings is 2. The van der Waals surface area contributed by atoms with Gasteiger partial charge in [0.25, 0.3) is 0 Å². The van der Waals surface area contributed by atoms with Crippen molar-refractivity contribution in [2.75, 3.05) is 20.2 Å². The Morgan fingerprint density at radius 1 is 0.955 bits per heavy atom. The number of hydrogen-bond donors (Lipinski definition) is 1. The molecule has 0 unspecified atom stereocenters. The van der Waals surface area contributed by atoms with Gasteiger partial charge in [-0.25, -0.2) is 0 Å². The number of quaternary nitrogens is 1. The maximum Gasteiger partial charge on any atom is 0.127 e. The average molecular weight is 296 g/mol. The standard InChI is InChI=1S/C20H25NO/c1-22-20-10-6-5-9-19(20)16-21-13-11-18(12-14-21)15-17-7-3-2-4-8-17/h2-10,18H,11-16H2,1H3/p+1. The van der Waals surface area contributed by atoms with Crippen LogP contribution >= 0.6 is 0 Å². The van der Waals surface area contributed by atoms with E-state index in [0.29, 0.717) is 0 Å². The molecule has 1 aliphatic heterocycles. The second-order valence-corrected chi connectivity index (χ2v) is 6.37. The van der Waals surface area contributed by atoms with E-state index in [9.17, 15) is 0 Å². The molecule has 2 heteroatoms. The molecule has 3 rings (SSSR count). The van der Waals surface area contributed by atoms with Crippen molar-refractivity contribution in [3.05, 3.63) is 65.7 Å². The molecular weight excluding hydrogens is 270 g/mol. The van der Waals surface area contributed by atoms with Crippen molar-refractivity contribution < 1.29 is 9.64 Å². The molecule has 0 amide bonds. The molecule has 116 valence electrons. The van der Waals surface area contributed by atoms with Gasteiger partial charge in [0.2, 0.25) is 0 Å². The number of likely N-dealkylation sites (tertiary alicyclic amines) is 1. The van der Waals surface area contributed by atoms with E-state index in [1.165, 1.54) is 43.5 Å². The van der Waals surface area contributed by atoms with Crippen molar-refractivity contribution in [2.45, 2.75) is 25.8 Å². The van der Waals surface area contributed by atoms with Crippen LogP contribution in [-0.4, -0.2) is 20.2 Å². The number of methoxy groups -OCH3 is 1. The largest absolute Gasteiger partial charge is 0.496 e. The molecule has 1 N–H and O–H groups in total. The molecule has 0 atom stereocenters. The van der Waals surface area contributed by atoms with E-state index in [2.05, 4.69) is 48.5 Å². The van der Waals surface area contributed by atoms with Gasteiger partial charge in [-0.3, -0.25) is 0 Å². The summed E-state index contributed by atoms with van der Waals surface area (Å²) in [4.78, 5) is 1.69. The third kappa shape index (κ3) is 3.89. The van der Waals surface area contributed by atoms with Crippen LogP contribution < -0.4 is 9.64 Å². The van der Waals surface area contributed by atoms with Crippen LogP contribution in [-0.2, 0) is 13.0 Å². The Bertz CT molecular complexity index is 573. The smallest absolute Gasteiger partial charge is 0.127 e. The third-order valence-corrected chi connectivity index (χ3v) is 4.81. The lowest BCUT2D eigenvalue weighted by Gasteiger charge is -2.29. The predicted octanol–water partition coefficient (Wildman–Crippen LogP) is 2.73. The van der Waals surface area contributed by atoms with E-state index < -0.39 is 0 Å². The summed E-state index contributed by atoms with van der Waals surface area (Å²) in [5, 5.41) is 0. The Morgan fingerprint density at radius 3 is 2.36 bits per heavy atom. The molecule has 1 heterocycles. The summed E-state index contributed by atoms with van der Waals surface area (Å²) in [7, 11) is 1.76. The molecule has 2 nitrogen and oxygen atoms in total. The summed E-state index contributed by atoms with van der Waals surface area (Å²) < 4.78 is 5.47. The highest BCUT2D eigenvalue weighted by Crippen LogP contribution is 2.18. The first-order valence-electron chi connectivity index (χ1n) is 8.34. The number of piperidine rings is 1. The molecule has 0 aromatic heterocycles. The summed E-state index contributed by atoms with van der Waals surface area (Å²) in [6.07, 6.45) is 3.90. The van der Waals surface area contributed by atoms with E-state index in [1.54, 1.807) is 12.0 Å². The molecule has 0 bridgehead atoms. The van der Waals surface area contributed by atoms with Gasteiger partial charge in [0.05, 0.1) is 20.2 Å². The highest BCUT2D eigenvalue weighted by Gasteiger charge is 2.23. The molecule has 0 saturated carbocycles. The minimum absolute atomic E-state index is 0.851. The van der Waals surface area contributed by atoms with Crippen LogP contribution in [0.5, 0.6) is 5.75 Å². The fourth-order valence-electron chi connectivity index (χ4n) is 3.53. The van der Waals surface area contributed by atoms with Crippen LogP contribution in [0.3, 0.4) is 0 Å². The number of ether oxygens (including phenoxy) is 1. The molecule has 0 radical (unpaired) electrons. The van der Waals surface area contributed by atoms with Crippen LogP contribution in [0.15, 0.2) is 54.6 Å². The van der Waals surface area contributed by atoms with Crippen molar-refractivity contribution >= 4 is 0 Å². The molecule has 0 aliphatic carbocycles. The molecule has 1 saturated heterocycles. The number of para-hydroxylation sites is 1. The summed E-state index contributed by atoms with van der Waals surface area (Å²) in [5.74, 6) is 1.88. The van der Waals surface area contributed by atoms with Crippen molar-refractivity contribution in [2.24, 2.45) is 5.92 Å². The van der Waals surface area contributed by atoms with Gasteiger partial charge < -0.3 is 9.64 Å². The molecule has 0 spiro atoms. The van der Waals surface area contributed by atoms with Crippen molar-refractivity contribution in [3.8, 4) is 5.75 Å². The third-order valence-electron chi connectivity index (χ3n) is 4.81. The fourth-order valence-corrected chi connectivity index (χ4v) is 3.53. The van der Waals surface area contributed by atoms with Crippen LogP contribution in [0, 0.1) is 5.92 Å². The first kappa shape index (κ1) is 15.1. The molecule has 22 heavy (non-hydrogen) atoms. The SMILES string of the molecule is COc1ccccc1C[NH+]1CCC(Cc2ccccc2)CC1. The number of nitrogens with one attached hydrogen (secondary N) is 1. The molecular formula is C20H26NO+. The maximum atomic E-state index is 5.47. The second-order valence-electron chi connectivity index (χ2n) is 6.37. The lowest BCUT2D eigenvalue weighted by atomic mass is 9.90. The quantitative estimate of drug-likeness (QED) is 0.896. The first-order valence-corrected chi connectivity index (χ1v) is 8.34. The normalized spacial score (nSPS) is 21.5. The second kappa shape index (κ2) is 7.46. The monoisotopic (exact) mass is 296 g/mol. The Labute approximate surface area is 133 Å². The van der Waals surface area contributed by atoms with Gasteiger partial charge in [-0.15, -0.1) is 0 Å². The minimum Gasteiger partial charge on any atom is -0.496 e. The van der Waals surface area contributed by atoms with Gasteiger partial charge in [0, 0.05) is 5.56 Å². The van der Waals surface area contributed by atoms with Crippen LogP contribution in [0.1, 0.15) is 24.0 Å². The topological polar surface area (TPSA) is 13.7 Å². The van der Waals surface area contributed by atoms with E-state index in [4.69, 9.17) is 4.74 Å². The summed E-state index contributed by atoms with van der Waals surface area (Å²) in [6, 6.07) is 19.3. The zero-order valence-corrected chi connectivity index (χ0v) is 13.4. The van der Waals surface area contributed by atoms with E-state index in [0.717, 1.165) is 18.2 Å². The highest BCUT2D eigenvalue weighted by molar-refractivity contribution is 5.32. The number of hydrogen-bond acceptors (Lipinski definition) is 1. The highest BCUT2D eigenvalue weighted by atomic mass is 16.5. The van der Waals surface area contributed by atoms with Gasteiger partial charge in [-0.2, -0.15) is 0 Å². The van der Waals surface area contributed by atoms with Gasteiger partial charge in [-0.05, 0) is 42.9 Å². The first-order chi connectivity index (χ1) is 10.8. The van der Waals surface area contributed by atoms with Gasteiger partial charge >= 0.3 is 0 Å². The Hall–Kier alpha value is -1.80. The molecule has 2 aromatic rings. The molecule has 2 aromatic carbocycles. The summed E-state index contributed by atoms with van der Waals surface area (Å²) in [6.45, 7) is 3.63. The minimum atomic E-state index is 0.851. The lowest BCUT2D eigenvalue weighted by molar-refractivity contribution is -0.919. The zero-order valence-electron chi connectivity index (χ0n) is 13.4. The van der Waals surface area contributed by atoms with E-state index in [-0.39, 0.29) is 0 Å². The fraction of sp³-hybridized carbons (Fsp3) is 0.400. The Balaban J connectivity index is 1.51. The van der Waals surface area contributed by atoms with Gasteiger partial charge in [0.15, 0.2) is 0 Å². The van der Waals surface area contributed by atoms with Gasteiger partial charge in [0.1, 0.15) is 12.3 Å². The summed E-state index contributed by atoms with van der Waals surface area (Å²) in [5.41, 5.74) is 2.82. The number of rotatable bonds is 5. The average Bonchev–Trinajstić information content (AvgIpc) is 2.58. The Morgan fingerprint density at radius 2 is 1.64 bits per heavy atom. The van der Waals surface area contributed by atoms with Crippen LogP contribution in [0.25, 0.3) is 0 Å². The van der Waals surface area contributed by atoms with E-state index >= 15 is 0 Å². The van der Waals surface area contributed by atoms with E-state index in [1.807, 2.05) is 6.07 Å².